The van der Waals surface area contributed by atoms with Crippen molar-refractivity contribution in [1.29, 1.82) is 0 Å². The Balaban J connectivity index is 2.62. The van der Waals surface area contributed by atoms with Crippen molar-refractivity contribution in [1.82, 2.24) is 0 Å². The van der Waals surface area contributed by atoms with Gasteiger partial charge in [-0.05, 0) is 18.1 Å². The number of nitrogens with two attached hydrogens (primary N) is 1. The molecule has 2 N–H and O–H groups in total. The average molecular weight is 237 g/mol. The molecule has 1 aromatic rings. The quantitative estimate of drug-likeness (QED) is 0.644. The summed E-state index contributed by atoms with van der Waals surface area (Å²) in [4.78, 5) is 11.5. The minimum absolute atomic E-state index is 0.0334. The smallest absolute Gasteiger partial charge is 0.329 e. The molecule has 0 saturated heterocycles. The minimum Gasteiger partial charge on any atom is -0.413 e. The Labute approximate surface area is 101 Å². The highest BCUT2D eigenvalue weighted by molar-refractivity contribution is 7.80. The number of esters is 1. The van der Waals surface area contributed by atoms with Gasteiger partial charge >= 0.3 is 5.97 Å². The van der Waals surface area contributed by atoms with E-state index >= 15 is 0 Å². The van der Waals surface area contributed by atoms with Crippen LogP contribution < -0.4 is 5.73 Å². The van der Waals surface area contributed by atoms with Gasteiger partial charge in [-0.1, -0.05) is 44.2 Å². The summed E-state index contributed by atoms with van der Waals surface area (Å²) in [5.74, 6) is -0.449. The molecular formula is C12H15NO2S. The summed E-state index contributed by atoms with van der Waals surface area (Å²) in [5.41, 5.74) is 6.36. The molecule has 0 aliphatic heterocycles. The second kappa shape index (κ2) is 5.72. The van der Waals surface area contributed by atoms with Crippen LogP contribution in [0.25, 0.3) is 0 Å². The van der Waals surface area contributed by atoms with Crippen molar-refractivity contribution in [2.45, 2.75) is 19.9 Å². The van der Waals surface area contributed by atoms with Crippen molar-refractivity contribution in [2.75, 3.05) is 0 Å². The molecular weight excluding hydrogens is 222 g/mol. The van der Waals surface area contributed by atoms with E-state index in [0.29, 0.717) is 5.56 Å². The maximum atomic E-state index is 11.5. The van der Waals surface area contributed by atoms with Crippen LogP contribution in [0.2, 0.25) is 0 Å². The molecule has 0 saturated carbocycles. The molecule has 1 rings (SSSR count). The van der Waals surface area contributed by atoms with E-state index in [2.05, 4.69) is 0 Å². The summed E-state index contributed by atoms with van der Waals surface area (Å²) < 4.78 is 5.03. The van der Waals surface area contributed by atoms with Gasteiger partial charge in [0.15, 0.2) is 0 Å². The summed E-state index contributed by atoms with van der Waals surface area (Å²) in [6.45, 7) is 3.72. The molecule has 4 heteroatoms. The lowest BCUT2D eigenvalue weighted by molar-refractivity contribution is -0.137. The molecule has 0 unspecified atom stereocenters. The third-order valence-electron chi connectivity index (χ3n) is 2.19. The fourth-order valence-corrected chi connectivity index (χ4v) is 1.28. The number of carbonyl (C=O) groups is 1. The van der Waals surface area contributed by atoms with E-state index in [0.717, 1.165) is 0 Å². The molecule has 0 spiro atoms. The molecule has 0 aromatic heterocycles. The minimum atomic E-state index is -0.637. The lowest BCUT2D eigenvalue weighted by Crippen LogP contribution is -2.37. The Morgan fingerprint density at radius 3 is 2.38 bits per heavy atom. The van der Waals surface area contributed by atoms with E-state index in [1.54, 1.807) is 12.1 Å². The number of hydrogen-bond donors (Lipinski definition) is 1. The van der Waals surface area contributed by atoms with Crippen molar-refractivity contribution in [3.63, 3.8) is 0 Å². The predicted molar refractivity (Wildman–Crippen MR) is 67.0 cm³/mol. The maximum Gasteiger partial charge on any atom is 0.329 e. The third kappa shape index (κ3) is 3.40. The summed E-state index contributed by atoms with van der Waals surface area (Å²) in [6.07, 6.45) is 0. The summed E-state index contributed by atoms with van der Waals surface area (Å²) in [7, 11) is 0. The molecule has 1 atom stereocenters. The zero-order chi connectivity index (χ0) is 12.1. The van der Waals surface area contributed by atoms with E-state index in [9.17, 15) is 4.79 Å². The topological polar surface area (TPSA) is 52.3 Å². The SMILES string of the molecule is CC(C)[C@H](N)C(=O)OC(=S)c1ccccc1. The molecule has 1 aromatic carbocycles. The molecule has 3 nitrogen and oxygen atoms in total. The van der Waals surface area contributed by atoms with Gasteiger partial charge in [0.1, 0.15) is 6.04 Å². The Kier molecular flexibility index (Phi) is 4.58. The lowest BCUT2D eigenvalue weighted by Gasteiger charge is -2.14. The highest BCUT2D eigenvalue weighted by atomic mass is 32.1. The lowest BCUT2D eigenvalue weighted by atomic mass is 10.1. The number of rotatable bonds is 3. The van der Waals surface area contributed by atoms with E-state index in [1.165, 1.54) is 0 Å². The van der Waals surface area contributed by atoms with Crippen LogP contribution in [0.4, 0.5) is 0 Å². The van der Waals surface area contributed by atoms with Gasteiger partial charge < -0.3 is 10.5 Å². The van der Waals surface area contributed by atoms with Gasteiger partial charge in [0, 0.05) is 5.56 Å². The van der Waals surface area contributed by atoms with E-state index in [4.69, 9.17) is 22.7 Å². The van der Waals surface area contributed by atoms with E-state index in [1.807, 2.05) is 32.0 Å². The zero-order valence-electron chi connectivity index (χ0n) is 9.34. The third-order valence-corrected chi connectivity index (χ3v) is 2.51. The first-order valence-electron chi connectivity index (χ1n) is 5.09. The normalized spacial score (nSPS) is 12.2. The van der Waals surface area contributed by atoms with Crippen molar-refractivity contribution in [3.8, 4) is 0 Å². The van der Waals surface area contributed by atoms with Crippen LogP contribution in [0, 0.1) is 5.92 Å². The van der Waals surface area contributed by atoms with Gasteiger partial charge in [-0.3, -0.25) is 0 Å². The fourth-order valence-electron chi connectivity index (χ4n) is 1.06. The van der Waals surface area contributed by atoms with Crippen LogP contribution in [0.15, 0.2) is 30.3 Å². The zero-order valence-corrected chi connectivity index (χ0v) is 10.2. The second-order valence-electron chi connectivity index (χ2n) is 3.84. The van der Waals surface area contributed by atoms with Crippen LogP contribution in [0.1, 0.15) is 19.4 Å². The number of thiocarbonyl (C=S) groups is 1. The number of hydrogen-bond acceptors (Lipinski definition) is 4. The predicted octanol–water partition coefficient (Wildman–Crippen LogP) is 1.89. The number of benzene rings is 1. The van der Waals surface area contributed by atoms with Gasteiger partial charge in [0.05, 0.1) is 0 Å². The highest BCUT2D eigenvalue weighted by Crippen LogP contribution is 2.06. The van der Waals surface area contributed by atoms with Crippen molar-refractivity contribution in [3.05, 3.63) is 35.9 Å². The molecule has 86 valence electrons. The highest BCUT2D eigenvalue weighted by Gasteiger charge is 2.20. The maximum absolute atomic E-state index is 11.5. The van der Waals surface area contributed by atoms with Gasteiger partial charge in [-0.25, -0.2) is 4.79 Å². The summed E-state index contributed by atoms with van der Waals surface area (Å²) >= 11 is 5.00. The second-order valence-corrected chi connectivity index (χ2v) is 4.22. The van der Waals surface area contributed by atoms with Crippen LogP contribution in [-0.2, 0) is 9.53 Å². The molecule has 0 aliphatic rings. The molecule has 0 amide bonds. The molecule has 0 aliphatic carbocycles. The largest absolute Gasteiger partial charge is 0.413 e. The summed E-state index contributed by atoms with van der Waals surface area (Å²) in [6, 6.07) is 8.47. The van der Waals surface area contributed by atoms with E-state index in [-0.39, 0.29) is 11.0 Å². The van der Waals surface area contributed by atoms with Gasteiger partial charge in [0.25, 0.3) is 0 Å². The van der Waals surface area contributed by atoms with Crippen molar-refractivity contribution in [2.24, 2.45) is 11.7 Å². The van der Waals surface area contributed by atoms with Crippen LogP contribution in [0.3, 0.4) is 0 Å². The monoisotopic (exact) mass is 237 g/mol. The van der Waals surface area contributed by atoms with Crippen LogP contribution >= 0.6 is 12.2 Å². The molecule has 0 radical (unpaired) electrons. The Morgan fingerprint density at radius 2 is 1.88 bits per heavy atom. The fraction of sp³-hybridized carbons (Fsp3) is 0.333. The Bertz CT molecular complexity index is 376. The Hall–Kier alpha value is -1.26. The molecule has 16 heavy (non-hydrogen) atoms. The first kappa shape index (κ1) is 12.8. The Morgan fingerprint density at radius 1 is 1.31 bits per heavy atom. The van der Waals surface area contributed by atoms with Crippen molar-refractivity contribution >= 4 is 23.2 Å². The van der Waals surface area contributed by atoms with Gasteiger partial charge in [0.2, 0.25) is 5.05 Å². The van der Waals surface area contributed by atoms with Crippen molar-refractivity contribution < 1.29 is 9.53 Å². The van der Waals surface area contributed by atoms with Crippen LogP contribution in [0.5, 0.6) is 0 Å². The van der Waals surface area contributed by atoms with Gasteiger partial charge in [-0.15, -0.1) is 0 Å². The average Bonchev–Trinajstić information content (AvgIpc) is 2.28. The molecule has 0 bridgehead atoms. The molecule has 0 heterocycles. The summed E-state index contributed by atoms with van der Waals surface area (Å²) in [5, 5.41) is 0.168. The van der Waals surface area contributed by atoms with Crippen LogP contribution in [-0.4, -0.2) is 17.1 Å². The molecule has 0 fully saturated rings. The number of ether oxygens (including phenoxy) is 1. The van der Waals surface area contributed by atoms with Gasteiger partial charge in [-0.2, -0.15) is 0 Å². The standard InChI is InChI=1S/C12H15NO2S/c1-8(2)10(13)11(14)15-12(16)9-6-4-3-5-7-9/h3-8,10H,13H2,1-2H3/t10-/m0/s1. The first-order chi connectivity index (χ1) is 7.52. The first-order valence-corrected chi connectivity index (χ1v) is 5.50. The number of carbonyl (C=O) groups excluding carboxylic acids is 1. The van der Waals surface area contributed by atoms with E-state index < -0.39 is 12.0 Å².